The van der Waals surface area contributed by atoms with Gasteiger partial charge in [-0.15, -0.1) is 0 Å². The lowest BCUT2D eigenvalue weighted by atomic mass is 10.0. The molecule has 1 aromatic heterocycles. The van der Waals surface area contributed by atoms with Crippen molar-refractivity contribution in [2.75, 3.05) is 13.1 Å². The molecule has 0 spiro atoms. The molecule has 0 bridgehead atoms. The molecule has 5 heteroatoms. The first-order valence-electron chi connectivity index (χ1n) is 7.18. The van der Waals surface area contributed by atoms with E-state index < -0.39 is 0 Å². The number of rotatable bonds is 3. The topological polar surface area (TPSA) is 28.7 Å². The van der Waals surface area contributed by atoms with Crippen LogP contribution < -0.4 is 0 Å². The summed E-state index contributed by atoms with van der Waals surface area (Å²) in [7, 11) is 0. The van der Waals surface area contributed by atoms with Crippen LogP contribution in [0, 0.1) is 5.82 Å². The van der Waals surface area contributed by atoms with E-state index in [0.29, 0.717) is 5.58 Å². The zero-order chi connectivity index (χ0) is 14.4. The fourth-order valence-electron chi connectivity index (χ4n) is 2.96. The number of amidine groups is 1. The van der Waals surface area contributed by atoms with Crippen molar-refractivity contribution < 1.29 is 8.81 Å². The van der Waals surface area contributed by atoms with Gasteiger partial charge in [0.1, 0.15) is 11.4 Å². The third-order valence-electron chi connectivity index (χ3n) is 3.82. The van der Waals surface area contributed by atoms with Crippen LogP contribution in [0.3, 0.4) is 0 Å². The summed E-state index contributed by atoms with van der Waals surface area (Å²) in [6.45, 7) is 3.85. The Balaban J connectivity index is 1.94. The van der Waals surface area contributed by atoms with Gasteiger partial charge in [-0.25, -0.2) is 4.39 Å². The van der Waals surface area contributed by atoms with Crippen LogP contribution in [-0.2, 0) is 0 Å². The van der Waals surface area contributed by atoms with Gasteiger partial charge in [0, 0.05) is 28.5 Å². The second-order valence-corrected chi connectivity index (χ2v) is 6.29. The minimum atomic E-state index is -0.259. The van der Waals surface area contributed by atoms with E-state index in [9.17, 15) is 4.39 Å². The van der Waals surface area contributed by atoms with Crippen LogP contribution in [-0.4, -0.2) is 23.2 Å². The minimum Gasteiger partial charge on any atom is -0.464 e. The second-order valence-electron chi connectivity index (χ2n) is 5.23. The molecule has 108 valence electrons. The number of hydrogen-bond donors (Lipinski definition) is 0. The molecule has 3 nitrogen and oxygen atoms in total. The zero-order valence-corrected chi connectivity index (χ0v) is 12.5. The van der Waals surface area contributed by atoms with Crippen LogP contribution in [0.25, 0.3) is 16.7 Å². The Morgan fingerprint density at radius 3 is 3.19 bits per heavy atom. The maximum Gasteiger partial charge on any atom is 0.168 e. The predicted octanol–water partition coefficient (Wildman–Crippen LogP) is 4.46. The molecule has 0 amide bonds. The van der Waals surface area contributed by atoms with E-state index in [0.717, 1.165) is 47.7 Å². The van der Waals surface area contributed by atoms with Gasteiger partial charge in [0.2, 0.25) is 0 Å². The van der Waals surface area contributed by atoms with Crippen molar-refractivity contribution in [1.82, 2.24) is 4.90 Å². The van der Waals surface area contributed by atoms with Gasteiger partial charge in [-0.1, -0.05) is 25.1 Å². The van der Waals surface area contributed by atoms with E-state index in [4.69, 9.17) is 4.42 Å². The normalized spacial score (nSPS) is 17.8. The maximum atomic E-state index is 13.9. The molecule has 0 saturated carbocycles. The van der Waals surface area contributed by atoms with E-state index in [1.807, 2.05) is 6.07 Å². The lowest BCUT2D eigenvalue weighted by molar-refractivity contribution is 0.597. The van der Waals surface area contributed by atoms with Crippen molar-refractivity contribution in [2.45, 2.75) is 19.8 Å². The number of allylic oxidation sites excluding steroid dienone is 1. The second kappa shape index (κ2) is 4.91. The number of benzene rings is 1. The number of fused-ring (bicyclic) bond motifs is 2. The Kier molecular flexibility index (Phi) is 3.03. The third kappa shape index (κ3) is 1.99. The standard InChI is InChI=1S/C16H15FN2OS/c1-2-3-14-15(19-6-5-18-16(19)21-14)12-8-10(17)9-13-11(12)4-7-20-13/h4,7-9H,2-3,5-6H2,1H3. The molecule has 0 unspecified atom stereocenters. The SMILES string of the molecule is CCCC1=C(c2cc(F)cc3occc23)N2CCN=C2S1. The smallest absolute Gasteiger partial charge is 0.168 e. The maximum absolute atomic E-state index is 13.9. The molecule has 2 aromatic rings. The van der Waals surface area contributed by atoms with Crippen molar-refractivity contribution in [2.24, 2.45) is 4.99 Å². The summed E-state index contributed by atoms with van der Waals surface area (Å²) in [6.07, 6.45) is 3.68. The van der Waals surface area contributed by atoms with Gasteiger partial charge in [-0.05, 0) is 18.6 Å². The Labute approximate surface area is 126 Å². The number of aliphatic imine (C=N–C) groups is 1. The first-order chi connectivity index (χ1) is 10.3. The Bertz CT molecular complexity index is 778. The van der Waals surface area contributed by atoms with Crippen LogP contribution in [0.4, 0.5) is 4.39 Å². The van der Waals surface area contributed by atoms with Crippen LogP contribution in [0.1, 0.15) is 25.3 Å². The number of halogens is 1. The van der Waals surface area contributed by atoms with E-state index in [1.54, 1.807) is 24.1 Å². The van der Waals surface area contributed by atoms with Crippen LogP contribution in [0.2, 0.25) is 0 Å². The fraction of sp³-hybridized carbons (Fsp3) is 0.312. The van der Waals surface area contributed by atoms with Gasteiger partial charge < -0.3 is 9.32 Å². The lowest BCUT2D eigenvalue weighted by Gasteiger charge is -2.18. The molecule has 2 aliphatic heterocycles. The zero-order valence-electron chi connectivity index (χ0n) is 11.7. The lowest BCUT2D eigenvalue weighted by Crippen LogP contribution is -2.20. The van der Waals surface area contributed by atoms with Crippen molar-refractivity contribution in [3.63, 3.8) is 0 Å². The van der Waals surface area contributed by atoms with Gasteiger partial charge in [-0.3, -0.25) is 4.99 Å². The molecule has 4 rings (SSSR count). The molecule has 3 heterocycles. The molecule has 0 saturated heterocycles. The molecule has 0 aliphatic carbocycles. The molecule has 0 N–H and O–H groups in total. The highest BCUT2D eigenvalue weighted by Gasteiger charge is 2.33. The Morgan fingerprint density at radius 2 is 2.33 bits per heavy atom. The largest absolute Gasteiger partial charge is 0.464 e. The fourth-order valence-corrected chi connectivity index (χ4v) is 4.25. The summed E-state index contributed by atoms with van der Waals surface area (Å²) >= 11 is 1.73. The number of nitrogens with zero attached hydrogens (tertiary/aromatic N) is 2. The molecule has 0 fully saturated rings. The Hall–Kier alpha value is -1.75. The highest BCUT2D eigenvalue weighted by molar-refractivity contribution is 8.17. The number of thioether (sulfide) groups is 1. The van der Waals surface area contributed by atoms with Gasteiger partial charge in [0.05, 0.1) is 18.5 Å². The summed E-state index contributed by atoms with van der Waals surface area (Å²) < 4.78 is 19.3. The van der Waals surface area contributed by atoms with Crippen LogP contribution in [0.5, 0.6) is 0 Å². The van der Waals surface area contributed by atoms with Gasteiger partial charge in [0.15, 0.2) is 5.17 Å². The number of hydrogen-bond acceptors (Lipinski definition) is 4. The molecule has 1 aromatic carbocycles. The summed E-state index contributed by atoms with van der Waals surface area (Å²) in [6, 6.07) is 4.97. The van der Waals surface area contributed by atoms with Crippen molar-refractivity contribution >= 4 is 33.6 Å². The summed E-state index contributed by atoms with van der Waals surface area (Å²) in [5, 5.41) is 2.02. The molecular formula is C16H15FN2OS. The van der Waals surface area contributed by atoms with Crippen molar-refractivity contribution in [1.29, 1.82) is 0 Å². The predicted molar refractivity (Wildman–Crippen MR) is 84.6 cm³/mol. The highest BCUT2D eigenvalue weighted by atomic mass is 32.2. The Morgan fingerprint density at radius 1 is 1.43 bits per heavy atom. The van der Waals surface area contributed by atoms with Gasteiger partial charge in [-0.2, -0.15) is 0 Å². The number of furan rings is 1. The van der Waals surface area contributed by atoms with Crippen molar-refractivity contribution in [3.05, 3.63) is 40.7 Å². The van der Waals surface area contributed by atoms with E-state index in [2.05, 4.69) is 16.8 Å². The minimum absolute atomic E-state index is 0.259. The summed E-state index contributed by atoms with van der Waals surface area (Å²) in [5.74, 6) is -0.259. The summed E-state index contributed by atoms with van der Waals surface area (Å²) in [4.78, 5) is 8.04. The van der Waals surface area contributed by atoms with Crippen LogP contribution >= 0.6 is 11.8 Å². The molecule has 0 radical (unpaired) electrons. The highest BCUT2D eigenvalue weighted by Crippen LogP contribution is 2.45. The molecular weight excluding hydrogens is 287 g/mol. The average Bonchev–Trinajstić information content (AvgIpc) is 3.12. The molecule has 21 heavy (non-hydrogen) atoms. The van der Waals surface area contributed by atoms with Gasteiger partial charge >= 0.3 is 0 Å². The molecule has 2 aliphatic rings. The third-order valence-corrected chi connectivity index (χ3v) is 4.99. The quantitative estimate of drug-likeness (QED) is 0.838. The monoisotopic (exact) mass is 302 g/mol. The van der Waals surface area contributed by atoms with E-state index >= 15 is 0 Å². The summed E-state index contributed by atoms with van der Waals surface area (Å²) in [5.41, 5.74) is 2.63. The molecule has 0 atom stereocenters. The first kappa shape index (κ1) is 13.0. The van der Waals surface area contributed by atoms with Gasteiger partial charge in [0.25, 0.3) is 0 Å². The van der Waals surface area contributed by atoms with Crippen LogP contribution in [0.15, 0.2) is 38.8 Å². The van der Waals surface area contributed by atoms with Crippen molar-refractivity contribution in [3.8, 4) is 0 Å². The first-order valence-corrected chi connectivity index (χ1v) is 7.99. The van der Waals surface area contributed by atoms with E-state index in [-0.39, 0.29) is 5.82 Å². The average molecular weight is 302 g/mol. The van der Waals surface area contributed by atoms with E-state index in [1.165, 1.54) is 11.0 Å².